The van der Waals surface area contributed by atoms with Crippen molar-refractivity contribution >= 4 is 23.2 Å². The highest BCUT2D eigenvalue weighted by Gasteiger charge is 2.27. The third kappa shape index (κ3) is 3.08. The molecule has 4 rings (SSSR count). The molecule has 2 aromatic heterocycles. The Bertz CT molecular complexity index is 830. The lowest BCUT2D eigenvalue weighted by Crippen LogP contribution is -2.42. The average molecular weight is 358 g/mol. The van der Waals surface area contributed by atoms with Gasteiger partial charge in [0.25, 0.3) is 11.5 Å². The van der Waals surface area contributed by atoms with E-state index in [2.05, 4.69) is 16.8 Å². The summed E-state index contributed by atoms with van der Waals surface area (Å²) in [5.41, 5.74) is 1.41. The average Bonchev–Trinajstić information content (AvgIpc) is 3.15. The van der Waals surface area contributed by atoms with Crippen LogP contribution in [0, 0.1) is 0 Å². The predicted molar refractivity (Wildman–Crippen MR) is 98.3 cm³/mol. The first-order valence-electron chi connectivity index (χ1n) is 8.85. The topological polar surface area (TPSA) is 69.3 Å². The Balaban J connectivity index is 1.62. The van der Waals surface area contributed by atoms with Crippen LogP contribution >= 0.6 is 11.3 Å². The van der Waals surface area contributed by atoms with Crippen molar-refractivity contribution in [2.75, 3.05) is 18.0 Å². The van der Waals surface area contributed by atoms with Crippen molar-refractivity contribution in [1.29, 1.82) is 0 Å². The number of hydrogen-bond donors (Lipinski definition) is 1. The first-order valence-corrected chi connectivity index (χ1v) is 9.73. The molecule has 1 N–H and O–H groups in total. The lowest BCUT2D eigenvalue weighted by Gasteiger charge is -2.35. The summed E-state index contributed by atoms with van der Waals surface area (Å²) in [7, 11) is 0. The summed E-state index contributed by atoms with van der Waals surface area (Å²) in [6.45, 7) is 4.06. The molecule has 0 aliphatic carbocycles. The number of fused-ring (bicyclic) bond motifs is 1. The van der Waals surface area contributed by atoms with Gasteiger partial charge in [-0.2, -0.15) is 0 Å². The van der Waals surface area contributed by atoms with Gasteiger partial charge < -0.3 is 9.80 Å². The Labute approximate surface area is 150 Å². The number of rotatable bonds is 2. The number of carbonyl (C=O) groups is 1. The van der Waals surface area contributed by atoms with Crippen LogP contribution in [0.4, 0.5) is 5.95 Å². The largest absolute Gasteiger partial charge is 0.340 e. The number of nitrogens with zero attached hydrogens (tertiary/aromatic N) is 3. The van der Waals surface area contributed by atoms with Crippen molar-refractivity contribution < 1.29 is 4.79 Å². The van der Waals surface area contributed by atoms with Crippen LogP contribution in [-0.4, -0.2) is 39.9 Å². The molecule has 2 aliphatic heterocycles. The minimum Gasteiger partial charge on any atom is -0.340 e. The highest BCUT2D eigenvalue weighted by molar-refractivity contribution is 7.12. The van der Waals surface area contributed by atoms with Gasteiger partial charge in [0, 0.05) is 24.7 Å². The molecule has 0 spiro atoms. The van der Waals surface area contributed by atoms with Crippen molar-refractivity contribution in [2.24, 2.45) is 0 Å². The fourth-order valence-corrected chi connectivity index (χ4v) is 4.40. The molecule has 132 valence electrons. The van der Waals surface area contributed by atoms with E-state index in [0.29, 0.717) is 31.5 Å². The van der Waals surface area contributed by atoms with Gasteiger partial charge in [-0.05, 0) is 44.1 Å². The summed E-state index contributed by atoms with van der Waals surface area (Å²) in [5, 5.41) is 1.91. The van der Waals surface area contributed by atoms with Crippen molar-refractivity contribution in [2.45, 2.75) is 45.2 Å². The molecule has 1 saturated heterocycles. The molecule has 2 aromatic rings. The molecule has 25 heavy (non-hydrogen) atoms. The molecule has 0 radical (unpaired) electrons. The molecule has 1 amide bonds. The van der Waals surface area contributed by atoms with Gasteiger partial charge in [-0.25, -0.2) is 4.98 Å². The van der Waals surface area contributed by atoms with E-state index in [-0.39, 0.29) is 11.5 Å². The van der Waals surface area contributed by atoms with Crippen LogP contribution in [0.15, 0.2) is 22.3 Å². The first-order chi connectivity index (χ1) is 12.1. The van der Waals surface area contributed by atoms with Crippen LogP contribution < -0.4 is 10.5 Å². The smallest absolute Gasteiger partial charge is 0.264 e. The summed E-state index contributed by atoms with van der Waals surface area (Å²) in [6.07, 6.45) is 4.01. The van der Waals surface area contributed by atoms with Crippen LogP contribution in [0.2, 0.25) is 0 Å². The Morgan fingerprint density at radius 3 is 3.00 bits per heavy atom. The molecule has 1 atom stereocenters. The van der Waals surface area contributed by atoms with E-state index in [9.17, 15) is 9.59 Å². The highest BCUT2D eigenvalue weighted by atomic mass is 32.1. The third-order valence-electron chi connectivity index (χ3n) is 5.16. The quantitative estimate of drug-likeness (QED) is 0.895. The maximum absolute atomic E-state index is 12.6. The number of hydrogen-bond acceptors (Lipinski definition) is 5. The minimum absolute atomic E-state index is 0.0237. The first kappa shape index (κ1) is 16.3. The molecule has 6 nitrogen and oxygen atoms in total. The van der Waals surface area contributed by atoms with Crippen LogP contribution in [-0.2, 0) is 13.0 Å². The van der Waals surface area contributed by atoms with Gasteiger partial charge >= 0.3 is 0 Å². The Morgan fingerprint density at radius 2 is 2.24 bits per heavy atom. The standard InChI is InChI=1S/C18H22N4O2S/c1-12-5-2-3-8-22(12)18-19-14-11-21(9-7-13(14)16(23)20-18)17(24)15-6-4-10-25-15/h4,6,10,12H,2-3,5,7-9,11H2,1H3,(H,19,20,23)/t12-/m1/s1. The lowest BCUT2D eigenvalue weighted by atomic mass is 10.0. The number of aromatic amines is 1. The van der Waals surface area contributed by atoms with E-state index in [1.54, 1.807) is 4.90 Å². The molecular formula is C18H22N4O2S. The summed E-state index contributed by atoms with van der Waals surface area (Å²) >= 11 is 1.45. The van der Waals surface area contributed by atoms with Crippen LogP contribution in [0.25, 0.3) is 0 Å². The molecule has 4 heterocycles. The Morgan fingerprint density at radius 1 is 1.36 bits per heavy atom. The van der Waals surface area contributed by atoms with Gasteiger partial charge in [-0.15, -0.1) is 11.3 Å². The summed E-state index contributed by atoms with van der Waals surface area (Å²) < 4.78 is 0. The van der Waals surface area contributed by atoms with E-state index >= 15 is 0 Å². The molecule has 0 aromatic carbocycles. The lowest BCUT2D eigenvalue weighted by molar-refractivity contribution is 0.0736. The third-order valence-corrected chi connectivity index (χ3v) is 6.01. The molecule has 0 saturated carbocycles. The van der Waals surface area contributed by atoms with Crippen LogP contribution in [0.3, 0.4) is 0 Å². The second-order valence-corrected chi connectivity index (χ2v) is 7.75. The van der Waals surface area contributed by atoms with Crippen molar-refractivity contribution in [3.8, 4) is 0 Å². The molecular weight excluding hydrogens is 336 g/mol. The maximum atomic E-state index is 12.6. The van der Waals surface area contributed by atoms with Crippen molar-refractivity contribution in [3.05, 3.63) is 44.0 Å². The monoisotopic (exact) mass is 358 g/mol. The second-order valence-electron chi connectivity index (χ2n) is 6.81. The minimum atomic E-state index is -0.0546. The molecule has 0 unspecified atom stereocenters. The number of aromatic nitrogens is 2. The highest BCUT2D eigenvalue weighted by Crippen LogP contribution is 2.24. The SMILES string of the molecule is C[C@@H]1CCCCN1c1nc2c(c(=O)[nH]1)CCN(C(=O)c1cccs1)C2. The fourth-order valence-electron chi connectivity index (χ4n) is 3.70. The van der Waals surface area contributed by atoms with Gasteiger partial charge in [0.05, 0.1) is 17.1 Å². The van der Waals surface area contributed by atoms with Gasteiger partial charge in [0.15, 0.2) is 0 Å². The number of carbonyl (C=O) groups excluding carboxylic acids is 1. The number of thiophene rings is 1. The van der Waals surface area contributed by atoms with E-state index in [0.717, 1.165) is 35.5 Å². The van der Waals surface area contributed by atoms with E-state index < -0.39 is 0 Å². The Kier molecular flexibility index (Phi) is 4.33. The number of amides is 1. The second kappa shape index (κ2) is 6.63. The van der Waals surface area contributed by atoms with Gasteiger partial charge in [-0.1, -0.05) is 6.07 Å². The van der Waals surface area contributed by atoms with Crippen molar-refractivity contribution in [3.63, 3.8) is 0 Å². The maximum Gasteiger partial charge on any atom is 0.264 e. The summed E-state index contributed by atoms with van der Waals surface area (Å²) in [4.78, 5) is 37.5. The van der Waals surface area contributed by atoms with Crippen LogP contribution in [0.1, 0.15) is 47.1 Å². The Hall–Kier alpha value is -2.15. The van der Waals surface area contributed by atoms with E-state index in [1.807, 2.05) is 17.5 Å². The molecule has 0 bridgehead atoms. The number of H-pyrrole nitrogens is 1. The molecule has 7 heteroatoms. The molecule has 2 aliphatic rings. The predicted octanol–water partition coefficient (Wildman–Crippen LogP) is 2.41. The van der Waals surface area contributed by atoms with Crippen LogP contribution in [0.5, 0.6) is 0 Å². The number of piperidine rings is 1. The zero-order valence-electron chi connectivity index (χ0n) is 14.3. The number of anilines is 1. The van der Waals surface area contributed by atoms with Gasteiger partial charge in [0.2, 0.25) is 5.95 Å². The summed E-state index contributed by atoms with van der Waals surface area (Å²) in [6, 6.07) is 4.10. The van der Waals surface area contributed by atoms with E-state index in [1.165, 1.54) is 17.8 Å². The fraction of sp³-hybridized carbons (Fsp3) is 0.500. The molecule has 1 fully saturated rings. The number of nitrogens with one attached hydrogen (secondary N) is 1. The van der Waals surface area contributed by atoms with Crippen molar-refractivity contribution in [1.82, 2.24) is 14.9 Å². The van der Waals surface area contributed by atoms with Gasteiger partial charge in [0.1, 0.15) is 0 Å². The van der Waals surface area contributed by atoms with Gasteiger partial charge in [-0.3, -0.25) is 14.6 Å². The van der Waals surface area contributed by atoms with E-state index in [4.69, 9.17) is 4.98 Å². The zero-order chi connectivity index (χ0) is 17.4. The summed E-state index contributed by atoms with van der Waals surface area (Å²) in [5.74, 6) is 0.678. The normalized spacial score (nSPS) is 20.4. The zero-order valence-corrected chi connectivity index (χ0v) is 15.1.